The summed E-state index contributed by atoms with van der Waals surface area (Å²) in [6.07, 6.45) is 1.41. The summed E-state index contributed by atoms with van der Waals surface area (Å²) in [4.78, 5) is 4.30. The lowest BCUT2D eigenvalue weighted by Crippen LogP contribution is -2.22. The van der Waals surface area contributed by atoms with Crippen LogP contribution in [0.3, 0.4) is 0 Å². The van der Waals surface area contributed by atoms with E-state index in [1.165, 1.54) is 12.1 Å². The zero-order valence-corrected chi connectivity index (χ0v) is 10.4. The van der Waals surface area contributed by atoms with Crippen LogP contribution in [-0.2, 0) is 0 Å². The molecule has 0 amide bonds. The minimum absolute atomic E-state index is 0.270. The second-order valence-electron chi connectivity index (χ2n) is 4.24. The summed E-state index contributed by atoms with van der Waals surface area (Å²) in [5, 5.41) is 3.05. The van der Waals surface area contributed by atoms with Gasteiger partial charge in [-0.2, -0.15) is 0 Å². The highest BCUT2D eigenvalue weighted by Crippen LogP contribution is 2.40. The van der Waals surface area contributed by atoms with Gasteiger partial charge in [0.2, 0.25) is 0 Å². The minimum Gasteiger partial charge on any atom is -0.479 e. The van der Waals surface area contributed by atoms with E-state index in [-0.39, 0.29) is 11.9 Å². The maximum absolute atomic E-state index is 13.3. The number of likely N-dealkylation sites (N-methyl/N-ethyl adjacent to an activating group) is 1. The first kappa shape index (κ1) is 11.9. The molecule has 1 aliphatic heterocycles. The number of benzene rings is 1. The van der Waals surface area contributed by atoms with Crippen LogP contribution in [-0.4, -0.2) is 18.6 Å². The van der Waals surface area contributed by atoms with Crippen LogP contribution < -0.4 is 14.8 Å². The number of hydrogen-bond acceptors (Lipinski definition) is 4. The van der Waals surface area contributed by atoms with Crippen LogP contribution in [0, 0.1) is 5.82 Å². The van der Waals surface area contributed by atoms with E-state index in [9.17, 15) is 4.39 Å². The van der Waals surface area contributed by atoms with Gasteiger partial charge in [0, 0.05) is 18.8 Å². The largest absolute Gasteiger partial charge is 0.479 e. The second kappa shape index (κ2) is 4.85. The Kier molecular flexibility index (Phi) is 3.05. The molecule has 1 aliphatic rings. The molecule has 0 spiro atoms. The Morgan fingerprint density at radius 3 is 3.00 bits per heavy atom. The minimum atomic E-state index is -0.361. The van der Waals surface area contributed by atoms with Gasteiger partial charge in [-0.15, -0.1) is 0 Å². The zero-order valence-electron chi connectivity index (χ0n) is 10.4. The highest BCUT2D eigenvalue weighted by atomic mass is 19.1. The van der Waals surface area contributed by atoms with Gasteiger partial charge in [-0.1, -0.05) is 0 Å². The maximum Gasteiger partial charge on any atom is 0.172 e. The van der Waals surface area contributed by atoms with E-state index in [1.54, 1.807) is 24.4 Å². The number of hydrogen-bond donors (Lipinski definition) is 1. The molecule has 19 heavy (non-hydrogen) atoms. The Bertz CT molecular complexity index is 604. The van der Waals surface area contributed by atoms with Gasteiger partial charge in [0.25, 0.3) is 0 Å². The van der Waals surface area contributed by atoms with E-state index in [1.807, 2.05) is 7.05 Å². The lowest BCUT2D eigenvalue weighted by Gasteiger charge is -2.16. The third kappa shape index (κ3) is 2.24. The van der Waals surface area contributed by atoms with Crippen molar-refractivity contribution < 1.29 is 13.9 Å². The van der Waals surface area contributed by atoms with Crippen molar-refractivity contribution in [3.05, 3.63) is 48.0 Å². The van der Waals surface area contributed by atoms with Gasteiger partial charge in [0.15, 0.2) is 23.4 Å². The lowest BCUT2D eigenvalue weighted by molar-refractivity contribution is 0.202. The fraction of sp³-hybridized carbons (Fsp3) is 0.214. The van der Waals surface area contributed by atoms with Gasteiger partial charge in [0.1, 0.15) is 11.5 Å². The van der Waals surface area contributed by atoms with Crippen molar-refractivity contribution in [3.8, 4) is 17.2 Å². The predicted octanol–water partition coefficient (Wildman–Crippen LogP) is 2.67. The topological polar surface area (TPSA) is 43.4 Å². The summed E-state index contributed by atoms with van der Waals surface area (Å²) in [6, 6.07) is 7.81. The molecule has 3 rings (SSSR count). The summed E-state index contributed by atoms with van der Waals surface area (Å²) < 4.78 is 24.9. The number of rotatable bonds is 2. The Morgan fingerprint density at radius 1 is 1.26 bits per heavy atom. The molecule has 0 saturated carbocycles. The molecule has 1 aromatic heterocycles. The van der Waals surface area contributed by atoms with Crippen LogP contribution in [0.25, 0.3) is 0 Å². The van der Waals surface area contributed by atoms with Gasteiger partial charge in [-0.3, -0.25) is 4.98 Å². The number of nitrogens with one attached hydrogen (secondary N) is 1. The van der Waals surface area contributed by atoms with Crippen LogP contribution in [0.1, 0.15) is 11.8 Å². The molecule has 2 heterocycles. The first-order valence-corrected chi connectivity index (χ1v) is 6.01. The van der Waals surface area contributed by atoms with E-state index in [2.05, 4.69) is 10.3 Å². The maximum atomic E-state index is 13.3. The molecule has 2 aromatic rings. The molecule has 1 unspecified atom stereocenters. The first-order valence-electron chi connectivity index (χ1n) is 6.01. The number of halogens is 1. The van der Waals surface area contributed by atoms with Crippen molar-refractivity contribution in [2.45, 2.75) is 6.10 Å². The van der Waals surface area contributed by atoms with Crippen molar-refractivity contribution in [3.63, 3.8) is 0 Å². The summed E-state index contributed by atoms with van der Waals surface area (Å²) in [5.74, 6) is 1.11. The van der Waals surface area contributed by atoms with Crippen molar-refractivity contribution in [2.24, 2.45) is 0 Å². The highest BCUT2D eigenvalue weighted by Gasteiger charge is 2.25. The Balaban J connectivity index is 2.09. The Hall–Kier alpha value is -2.14. The lowest BCUT2D eigenvalue weighted by atomic mass is 10.2. The monoisotopic (exact) mass is 260 g/mol. The molecule has 4 nitrogen and oxygen atoms in total. The molecular weight excluding hydrogens is 247 g/mol. The first-order chi connectivity index (χ1) is 9.28. The molecular formula is C14H13FN2O2. The molecule has 0 bridgehead atoms. The summed E-state index contributed by atoms with van der Waals surface area (Å²) in [7, 11) is 1.84. The number of ether oxygens (including phenoxy) is 2. The normalized spacial score (nSPS) is 16.6. The van der Waals surface area contributed by atoms with E-state index >= 15 is 0 Å². The fourth-order valence-electron chi connectivity index (χ4n) is 2.04. The zero-order chi connectivity index (χ0) is 13.2. The Morgan fingerprint density at radius 2 is 2.16 bits per heavy atom. The summed E-state index contributed by atoms with van der Waals surface area (Å²) >= 11 is 0. The molecule has 1 N–H and O–H groups in total. The molecule has 0 radical (unpaired) electrons. The third-order valence-corrected chi connectivity index (χ3v) is 2.89. The molecule has 5 heteroatoms. The van der Waals surface area contributed by atoms with Gasteiger partial charge in [-0.25, -0.2) is 4.39 Å². The predicted molar refractivity (Wildman–Crippen MR) is 68.0 cm³/mol. The number of aromatic nitrogens is 1. The molecule has 0 aliphatic carbocycles. The van der Waals surface area contributed by atoms with Gasteiger partial charge in [-0.05, 0) is 31.3 Å². The molecule has 1 atom stereocenters. The number of nitrogens with zero attached hydrogens (tertiary/aromatic N) is 1. The van der Waals surface area contributed by atoms with E-state index < -0.39 is 0 Å². The van der Waals surface area contributed by atoms with E-state index in [0.29, 0.717) is 29.5 Å². The Labute approximate surface area is 110 Å². The van der Waals surface area contributed by atoms with Crippen LogP contribution in [0.4, 0.5) is 4.39 Å². The second-order valence-corrected chi connectivity index (χ2v) is 4.24. The van der Waals surface area contributed by atoms with Crippen LogP contribution >= 0.6 is 0 Å². The molecule has 98 valence electrons. The van der Waals surface area contributed by atoms with Crippen molar-refractivity contribution in [1.82, 2.24) is 10.3 Å². The van der Waals surface area contributed by atoms with Crippen molar-refractivity contribution in [2.75, 3.05) is 13.6 Å². The van der Waals surface area contributed by atoms with Crippen molar-refractivity contribution >= 4 is 0 Å². The number of pyridine rings is 1. The summed E-state index contributed by atoms with van der Waals surface area (Å²) in [6.45, 7) is 0.587. The SMILES string of the molecule is CNCC1Oc2ccc(F)cc2Oc2cccnc21. The highest BCUT2D eigenvalue weighted by molar-refractivity contribution is 5.47. The van der Waals surface area contributed by atoms with Crippen LogP contribution in [0.5, 0.6) is 17.2 Å². The molecule has 0 fully saturated rings. The van der Waals surface area contributed by atoms with E-state index in [4.69, 9.17) is 9.47 Å². The molecule has 0 saturated heterocycles. The van der Waals surface area contributed by atoms with Crippen molar-refractivity contribution in [1.29, 1.82) is 0 Å². The van der Waals surface area contributed by atoms with Crippen LogP contribution in [0.15, 0.2) is 36.5 Å². The number of fused-ring (bicyclic) bond motifs is 2. The smallest absolute Gasteiger partial charge is 0.172 e. The van der Waals surface area contributed by atoms with Crippen LogP contribution in [0.2, 0.25) is 0 Å². The average Bonchev–Trinajstić information content (AvgIpc) is 2.56. The van der Waals surface area contributed by atoms with Gasteiger partial charge in [0.05, 0.1) is 0 Å². The fourth-order valence-corrected chi connectivity index (χ4v) is 2.04. The summed E-state index contributed by atoms with van der Waals surface area (Å²) in [5.41, 5.74) is 0.702. The third-order valence-electron chi connectivity index (χ3n) is 2.89. The molecule has 1 aromatic carbocycles. The standard InChI is InChI=1S/C14H13FN2O2/c1-16-8-13-14-11(3-2-6-17-14)19-12-7-9(15)4-5-10(12)18-13/h2-7,13,16H,8H2,1H3. The average molecular weight is 260 g/mol. The van der Waals surface area contributed by atoms with Gasteiger partial charge < -0.3 is 14.8 Å². The van der Waals surface area contributed by atoms with E-state index in [0.717, 1.165) is 0 Å². The van der Waals surface area contributed by atoms with Gasteiger partial charge >= 0.3 is 0 Å². The quantitative estimate of drug-likeness (QED) is 0.901.